The third kappa shape index (κ3) is 3.75. The first-order chi connectivity index (χ1) is 17.1. The maximum absolute atomic E-state index is 6.70. The summed E-state index contributed by atoms with van der Waals surface area (Å²) < 4.78 is 13.9. The van der Waals surface area contributed by atoms with E-state index in [0.29, 0.717) is 21.2 Å². The lowest BCUT2D eigenvalue weighted by Gasteiger charge is -2.39. The number of fused-ring (bicyclic) bond motifs is 3. The van der Waals surface area contributed by atoms with Gasteiger partial charge in [0.25, 0.3) is 0 Å². The van der Waals surface area contributed by atoms with Gasteiger partial charge in [-0.3, -0.25) is 0 Å². The fourth-order valence-corrected chi connectivity index (χ4v) is 5.38. The molecule has 9 heteroatoms. The Bertz CT molecular complexity index is 1470. The van der Waals surface area contributed by atoms with Crippen LogP contribution in [0.25, 0.3) is 5.70 Å². The molecule has 2 aliphatic heterocycles. The van der Waals surface area contributed by atoms with Gasteiger partial charge in [0.1, 0.15) is 17.5 Å². The van der Waals surface area contributed by atoms with Crippen molar-refractivity contribution in [3.05, 3.63) is 99.0 Å². The molecule has 0 amide bonds. The minimum Gasteiger partial charge on any atom is -0.497 e. The molecule has 0 fully saturated rings. The number of halogens is 2. The summed E-state index contributed by atoms with van der Waals surface area (Å²) in [5.74, 6) is 2.15. The van der Waals surface area contributed by atoms with Gasteiger partial charge in [-0.2, -0.15) is 4.98 Å². The van der Waals surface area contributed by atoms with Crippen molar-refractivity contribution < 1.29 is 9.47 Å². The molecule has 0 saturated carbocycles. The standard InChI is InChI=1S/C26H20Cl2N4O2S/c1-33-16-10-7-14(8-11-16)23-21-22(29-25-30-26(35-2)31-32(23)25)18-13-15(27)9-12-20(18)34-24(21)17-5-3-4-6-19(17)28/h3-13,23-24H,1-2H3,(H,29,30,31)/t23-,24-/m0/s1. The molecular weight excluding hydrogens is 503 g/mol. The summed E-state index contributed by atoms with van der Waals surface area (Å²) in [7, 11) is 1.66. The van der Waals surface area contributed by atoms with Crippen LogP contribution in [0.1, 0.15) is 28.8 Å². The number of rotatable bonds is 4. The van der Waals surface area contributed by atoms with Crippen molar-refractivity contribution in [3.8, 4) is 11.5 Å². The number of methoxy groups -OCH3 is 1. The van der Waals surface area contributed by atoms with Gasteiger partial charge < -0.3 is 14.8 Å². The predicted octanol–water partition coefficient (Wildman–Crippen LogP) is 6.88. The van der Waals surface area contributed by atoms with Crippen LogP contribution in [0.15, 0.2) is 77.5 Å². The SMILES string of the molecule is COc1ccc([C@H]2C3=C(Nc4nc(SC)nn42)c2cc(Cl)ccc2O[C@H]3c2ccccc2Cl)cc1. The van der Waals surface area contributed by atoms with Crippen molar-refractivity contribution in [1.29, 1.82) is 0 Å². The third-order valence-electron chi connectivity index (χ3n) is 6.22. The van der Waals surface area contributed by atoms with E-state index in [9.17, 15) is 0 Å². The lowest BCUT2D eigenvalue weighted by atomic mass is 9.84. The van der Waals surface area contributed by atoms with Crippen LogP contribution < -0.4 is 14.8 Å². The minimum absolute atomic E-state index is 0.297. The fourth-order valence-electron chi connectivity index (χ4n) is 4.62. The van der Waals surface area contributed by atoms with Crippen molar-refractivity contribution in [1.82, 2.24) is 14.8 Å². The molecule has 6 rings (SSSR count). The highest BCUT2D eigenvalue weighted by atomic mass is 35.5. The summed E-state index contributed by atoms with van der Waals surface area (Å²) >= 11 is 14.6. The summed E-state index contributed by atoms with van der Waals surface area (Å²) in [6.07, 6.45) is 1.50. The number of anilines is 1. The summed E-state index contributed by atoms with van der Waals surface area (Å²) in [6, 6.07) is 21.1. The molecule has 0 unspecified atom stereocenters. The van der Waals surface area contributed by atoms with Crippen molar-refractivity contribution in [2.45, 2.75) is 17.3 Å². The number of hydrogen-bond acceptors (Lipinski definition) is 6. The molecule has 2 atom stereocenters. The van der Waals surface area contributed by atoms with Gasteiger partial charge in [0, 0.05) is 26.7 Å². The quantitative estimate of drug-likeness (QED) is 0.295. The molecule has 4 aromatic rings. The number of aromatic nitrogens is 3. The second kappa shape index (κ2) is 8.82. The Morgan fingerprint density at radius 1 is 1.06 bits per heavy atom. The van der Waals surface area contributed by atoms with Gasteiger partial charge in [-0.25, -0.2) is 4.68 Å². The molecule has 0 radical (unpaired) electrons. The van der Waals surface area contributed by atoms with Gasteiger partial charge in [-0.05, 0) is 48.2 Å². The second-order valence-electron chi connectivity index (χ2n) is 8.16. The number of hydrogen-bond donors (Lipinski definition) is 1. The topological polar surface area (TPSA) is 61.2 Å². The normalized spacial score (nSPS) is 18.2. The van der Waals surface area contributed by atoms with Crippen molar-refractivity contribution >= 4 is 46.6 Å². The Labute approximate surface area is 216 Å². The van der Waals surface area contributed by atoms with Crippen LogP contribution in [0.5, 0.6) is 11.5 Å². The zero-order chi connectivity index (χ0) is 24.1. The van der Waals surface area contributed by atoms with E-state index in [-0.39, 0.29) is 6.04 Å². The van der Waals surface area contributed by atoms with Crippen molar-refractivity contribution in [2.24, 2.45) is 0 Å². The Morgan fingerprint density at radius 3 is 2.60 bits per heavy atom. The van der Waals surface area contributed by atoms with E-state index in [0.717, 1.165) is 39.5 Å². The first kappa shape index (κ1) is 22.3. The number of nitrogens with zero attached hydrogens (tertiary/aromatic N) is 3. The highest BCUT2D eigenvalue weighted by Gasteiger charge is 2.42. The van der Waals surface area contributed by atoms with Crippen molar-refractivity contribution in [2.75, 3.05) is 18.7 Å². The van der Waals surface area contributed by atoms with Crippen molar-refractivity contribution in [3.63, 3.8) is 0 Å². The number of nitrogens with one attached hydrogen (secondary N) is 1. The van der Waals surface area contributed by atoms with E-state index in [2.05, 4.69) is 5.32 Å². The molecule has 2 aliphatic rings. The van der Waals surface area contributed by atoms with Crippen LogP contribution in [0.4, 0.5) is 5.95 Å². The van der Waals surface area contributed by atoms with E-state index >= 15 is 0 Å². The molecule has 0 bridgehead atoms. The second-order valence-corrected chi connectivity index (χ2v) is 9.77. The van der Waals surface area contributed by atoms with Gasteiger partial charge in [0.15, 0.2) is 6.10 Å². The Balaban J connectivity index is 1.64. The first-order valence-electron chi connectivity index (χ1n) is 10.9. The molecule has 0 spiro atoms. The Morgan fingerprint density at radius 2 is 1.86 bits per heavy atom. The van der Waals surface area contributed by atoms with Crippen LogP contribution in [0.3, 0.4) is 0 Å². The Kier molecular flexibility index (Phi) is 5.63. The van der Waals surface area contributed by atoms with E-state index in [1.54, 1.807) is 7.11 Å². The van der Waals surface area contributed by atoms with Gasteiger partial charge in [-0.1, -0.05) is 65.3 Å². The molecule has 6 nitrogen and oxygen atoms in total. The van der Waals surface area contributed by atoms with Gasteiger partial charge in [0.05, 0.1) is 12.8 Å². The maximum atomic E-state index is 6.70. The molecule has 1 N–H and O–H groups in total. The van der Waals surface area contributed by atoms with Gasteiger partial charge in [-0.15, -0.1) is 5.10 Å². The molecule has 0 saturated heterocycles. The molecule has 35 heavy (non-hydrogen) atoms. The van der Waals surface area contributed by atoms with Crippen LogP contribution in [0.2, 0.25) is 10.0 Å². The zero-order valence-electron chi connectivity index (χ0n) is 18.8. The third-order valence-corrected chi connectivity index (χ3v) is 7.33. The summed E-state index contributed by atoms with van der Waals surface area (Å²) in [5.41, 5.74) is 4.63. The number of ether oxygens (including phenoxy) is 2. The smallest absolute Gasteiger partial charge is 0.227 e. The lowest BCUT2D eigenvalue weighted by Crippen LogP contribution is -2.32. The molecule has 3 heterocycles. The molecule has 0 aliphatic carbocycles. The van der Waals surface area contributed by atoms with Crippen LogP contribution >= 0.6 is 35.0 Å². The summed E-state index contributed by atoms with van der Waals surface area (Å²) in [5, 5.41) is 10.3. The first-order valence-corrected chi connectivity index (χ1v) is 12.9. The monoisotopic (exact) mass is 522 g/mol. The highest BCUT2D eigenvalue weighted by molar-refractivity contribution is 7.98. The highest BCUT2D eigenvalue weighted by Crippen LogP contribution is 2.52. The van der Waals surface area contributed by atoms with E-state index in [4.69, 9.17) is 42.8 Å². The van der Waals surface area contributed by atoms with Crippen LogP contribution in [0, 0.1) is 0 Å². The average molecular weight is 523 g/mol. The van der Waals surface area contributed by atoms with E-state index < -0.39 is 6.10 Å². The minimum atomic E-state index is -0.456. The van der Waals surface area contributed by atoms with Crippen LogP contribution in [-0.2, 0) is 0 Å². The maximum Gasteiger partial charge on any atom is 0.227 e. The summed E-state index contributed by atoms with van der Waals surface area (Å²) in [4.78, 5) is 4.73. The molecule has 1 aromatic heterocycles. The van der Waals surface area contributed by atoms with E-state index in [1.165, 1.54) is 11.8 Å². The predicted molar refractivity (Wildman–Crippen MR) is 140 cm³/mol. The largest absolute Gasteiger partial charge is 0.497 e. The Hall–Kier alpha value is -3.13. The molecule has 3 aromatic carbocycles. The molecular formula is C26H20Cl2N4O2S. The van der Waals surface area contributed by atoms with E-state index in [1.807, 2.05) is 77.7 Å². The number of benzene rings is 3. The molecule has 176 valence electrons. The lowest BCUT2D eigenvalue weighted by molar-refractivity contribution is 0.223. The van der Waals surface area contributed by atoms with Crippen LogP contribution in [-0.4, -0.2) is 28.1 Å². The average Bonchev–Trinajstić information content (AvgIpc) is 3.30. The zero-order valence-corrected chi connectivity index (χ0v) is 21.2. The summed E-state index contributed by atoms with van der Waals surface area (Å²) in [6.45, 7) is 0. The fraction of sp³-hybridized carbons (Fsp3) is 0.154. The number of thioether (sulfide) groups is 1. The van der Waals surface area contributed by atoms with Gasteiger partial charge in [0.2, 0.25) is 11.1 Å². The van der Waals surface area contributed by atoms with Gasteiger partial charge >= 0.3 is 0 Å².